The summed E-state index contributed by atoms with van der Waals surface area (Å²) in [6.07, 6.45) is 1.71. The summed E-state index contributed by atoms with van der Waals surface area (Å²) in [5.41, 5.74) is 1.85. The molecule has 1 saturated heterocycles. The van der Waals surface area contributed by atoms with Gasteiger partial charge in [0.2, 0.25) is 5.91 Å². The first kappa shape index (κ1) is 17.2. The Hall–Kier alpha value is -2.63. The van der Waals surface area contributed by atoms with Crippen LogP contribution in [0.3, 0.4) is 0 Å². The van der Waals surface area contributed by atoms with Gasteiger partial charge in [0.05, 0.1) is 12.8 Å². The van der Waals surface area contributed by atoms with E-state index in [4.69, 9.17) is 4.74 Å². The lowest BCUT2D eigenvalue weighted by Gasteiger charge is -2.31. The highest BCUT2D eigenvalue weighted by Crippen LogP contribution is 2.24. The molecule has 1 amide bonds. The molecule has 0 unspecified atom stereocenters. The number of rotatable bonds is 5. The van der Waals surface area contributed by atoms with Gasteiger partial charge in [-0.05, 0) is 56.2 Å². The lowest BCUT2D eigenvalue weighted by Crippen LogP contribution is -2.40. The molecule has 1 aromatic carbocycles. The van der Waals surface area contributed by atoms with E-state index in [1.807, 2.05) is 43.3 Å². The van der Waals surface area contributed by atoms with Crippen molar-refractivity contribution in [3.8, 4) is 17.0 Å². The average molecular weight is 340 g/mol. The zero-order valence-corrected chi connectivity index (χ0v) is 14.7. The van der Waals surface area contributed by atoms with Crippen LogP contribution in [-0.2, 0) is 4.79 Å². The minimum absolute atomic E-state index is 0.114. The Bertz CT molecular complexity index is 692. The fourth-order valence-electron chi connectivity index (χ4n) is 3.10. The van der Waals surface area contributed by atoms with Crippen LogP contribution in [0.25, 0.3) is 11.3 Å². The molecule has 1 fully saturated rings. The smallest absolute Gasteiger partial charge is 0.223 e. The van der Waals surface area contributed by atoms with Crippen LogP contribution in [0.15, 0.2) is 36.4 Å². The largest absolute Gasteiger partial charge is 0.497 e. The molecule has 1 aliphatic rings. The Morgan fingerprint density at radius 2 is 1.88 bits per heavy atom. The molecule has 0 spiro atoms. The normalized spacial score (nSPS) is 15.0. The van der Waals surface area contributed by atoms with Crippen LogP contribution < -0.4 is 15.0 Å². The number of methoxy groups -OCH3 is 1. The number of hydrogen-bond acceptors (Lipinski definition) is 5. The van der Waals surface area contributed by atoms with E-state index in [0.29, 0.717) is 6.54 Å². The maximum Gasteiger partial charge on any atom is 0.223 e. The van der Waals surface area contributed by atoms with Crippen LogP contribution in [-0.4, -0.2) is 42.8 Å². The predicted molar refractivity (Wildman–Crippen MR) is 97.6 cm³/mol. The van der Waals surface area contributed by atoms with Gasteiger partial charge in [0, 0.05) is 31.1 Å². The minimum Gasteiger partial charge on any atom is -0.497 e. The second kappa shape index (κ2) is 7.96. The maximum atomic E-state index is 11.9. The zero-order valence-electron chi connectivity index (χ0n) is 14.7. The molecule has 0 radical (unpaired) electrons. The molecule has 1 aromatic heterocycles. The average Bonchev–Trinajstić information content (AvgIpc) is 2.68. The van der Waals surface area contributed by atoms with E-state index >= 15 is 0 Å². The molecular formula is C19H24N4O2. The topological polar surface area (TPSA) is 67.4 Å². The molecule has 2 heterocycles. The molecule has 0 bridgehead atoms. The number of nitrogens with one attached hydrogen (secondary N) is 1. The summed E-state index contributed by atoms with van der Waals surface area (Å²) in [5, 5.41) is 11.6. The summed E-state index contributed by atoms with van der Waals surface area (Å²) < 4.78 is 5.17. The van der Waals surface area contributed by atoms with Crippen molar-refractivity contribution in [2.75, 3.05) is 31.6 Å². The first-order valence-corrected chi connectivity index (χ1v) is 8.72. The molecule has 3 rings (SSSR count). The second-order valence-electron chi connectivity index (χ2n) is 6.16. The van der Waals surface area contributed by atoms with Gasteiger partial charge in [0.15, 0.2) is 5.82 Å². The van der Waals surface area contributed by atoms with Crippen LogP contribution in [0.4, 0.5) is 5.82 Å². The number of nitrogens with zero attached hydrogens (tertiary/aromatic N) is 3. The van der Waals surface area contributed by atoms with Crippen molar-refractivity contribution < 1.29 is 9.53 Å². The van der Waals surface area contributed by atoms with E-state index in [0.717, 1.165) is 48.8 Å². The molecule has 1 aliphatic heterocycles. The number of amides is 1. The van der Waals surface area contributed by atoms with Gasteiger partial charge >= 0.3 is 0 Å². The molecule has 6 nitrogen and oxygen atoms in total. The van der Waals surface area contributed by atoms with Crippen molar-refractivity contribution in [1.29, 1.82) is 0 Å². The summed E-state index contributed by atoms with van der Waals surface area (Å²) in [5.74, 6) is 1.97. The molecule has 0 atom stereocenters. The molecule has 25 heavy (non-hydrogen) atoms. The highest BCUT2D eigenvalue weighted by atomic mass is 16.5. The van der Waals surface area contributed by atoms with Crippen molar-refractivity contribution >= 4 is 11.7 Å². The van der Waals surface area contributed by atoms with E-state index in [-0.39, 0.29) is 11.8 Å². The van der Waals surface area contributed by atoms with E-state index < -0.39 is 0 Å². The predicted octanol–water partition coefficient (Wildman–Crippen LogP) is 2.50. The summed E-state index contributed by atoms with van der Waals surface area (Å²) in [6.45, 7) is 4.31. The molecule has 6 heteroatoms. The van der Waals surface area contributed by atoms with Gasteiger partial charge in [0.25, 0.3) is 0 Å². The fourth-order valence-corrected chi connectivity index (χ4v) is 3.10. The Balaban J connectivity index is 1.62. The van der Waals surface area contributed by atoms with E-state index in [1.165, 1.54) is 0 Å². The third-order valence-corrected chi connectivity index (χ3v) is 4.58. The van der Waals surface area contributed by atoms with Crippen LogP contribution >= 0.6 is 0 Å². The third-order valence-electron chi connectivity index (χ3n) is 4.58. The highest BCUT2D eigenvalue weighted by Gasteiger charge is 2.25. The van der Waals surface area contributed by atoms with Crippen LogP contribution in [0, 0.1) is 5.92 Å². The minimum atomic E-state index is 0.114. The maximum absolute atomic E-state index is 11.9. The molecule has 2 aromatic rings. The summed E-state index contributed by atoms with van der Waals surface area (Å²) in [4.78, 5) is 14.1. The summed E-state index contributed by atoms with van der Waals surface area (Å²) >= 11 is 0. The van der Waals surface area contributed by atoms with Crippen molar-refractivity contribution in [2.24, 2.45) is 5.92 Å². The number of anilines is 1. The van der Waals surface area contributed by atoms with Crippen LogP contribution in [0.1, 0.15) is 19.8 Å². The monoisotopic (exact) mass is 340 g/mol. The van der Waals surface area contributed by atoms with E-state index in [1.54, 1.807) is 7.11 Å². The highest BCUT2D eigenvalue weighted by molar-refractivity contribution is 5.78. The second-order valence-corrected chi connectivity index (χ2v) is 6.16. The summed E-state index contributed by atoms with van der Waals surface area (Å²) in [7, 11) is 1.65. The van der Waals surface area contributed by atoms with Crippen molar-refractivity contribution in [1.82, 2.24) is 15.5 Å². The van der Waals surface area contributed by atoms with Gasteiger partial charge < -0.3 is 15.0 Å². The van der Waals surface area contributed by atoms with Gasteiger partial charge in [-0.1, -0.05) is 0 Å². The number of carbonyl (C=O) groups excluding carboxylic acids is 1. The Kier molecular flexibility index (Phi) is 5.48. The van der Waals surface area contributed by atoms with Gasteiger partial charge in [-0.3, -0.25) is 4.79 Å². The standard InChI is InChI=1S/C19H24N4O2/c1-3-20-19(24)15-10-12-23(13-11-15)18-9-8-17(21-22-18)14-4-6-16(25-2)7-5-14/h4-9,15H,3,10-13H2,1-2H3,(H,20,24). The molecule has 132 valence electrons. The Morgan fingerprint density at radius 3 is 2.44 bits per heavy atom. The van der Waals surface area contributed by atoms with E-state index in [2.05, 4.69) is 20.4 Å². The van der Waals surface area contributed by atoms with Crippen LogP contribution in [0.2, 0.25) is 0 Å². The van der Waals surface area contributed by atoms with Gasteiger partial charge in [-0.25, -0.2) is 0 Å². The quantitative estimate of drug-likeness (QED) is 0.906. The van der Waals surface area contributed by atoms with Gasteiger partial charge in [0.1, 0.15) is 5.75 Å². The first-order chi connectivity index (χ1) is 12.2. The van der Waals surface area contributed by atoms with Crippen molar-refractivity contribution in [2.45, 2.75) is 19.8 Å². The third kappa shape index (κ3) is 4.07. The lowest BCUT2D eigenvalue weighted by atomic mass is 9.96. The number of aromatic nitrogens is 2. The molecule has 0 aliphatic carbocycles. The number of carbonyl (C=O) groups is 1. The van der Waals surface area contributed by atoms with Crippen LogP contribution in [0.5, 0.6) is 5.75 Å². The molecule has 0 saturated carbocycles. The number of hydrogen-bond donors (Lipinski definition) is 1. The lowest BCUT2D eigenvalue weighted by molar-refractivity contribution is -0.125. The first-order valence-electron chi connectivity index (χ1n) is 8.72. The zero-order chi connectivity index (χ0) is 17.6. The molecule has 1 N–H and O–H groups in total. The van der Waals surface area contributed by atoms with Crippen molar-refractivity contribution in [3.05, 3.63) is 36.4 Å². The number of benzene rings is 1. The fraction of sp³-hybridized carbons (Fsp3) is 0.421. The number of ether oxygens (including phenoxy) is 1. The Morgan fingerprint density at radius 1 is 1.16 bits per heavy atom. The Labute approximate surface area is 148 Å². The summed E-state index contributed by atoms with van der Waals surface area (Å²) in [6, 6.07) is 11.8. The van der Waals surface area contributed by atoms with Gasteiger partial charge in [-0.15, -0.1) is 10.2 Å². The SMILES string of the molecule is CCNC(=O)C1CCN(c2ccc(-c3ccc(OC)cc3)nn2)CC1. The van der Waals surface area contributed by atoms with E-state index in [9.17, 15) is 4.79 Å². The van der Waals surface area contributed by atoms with Gasteiger partial charge in [-0.2, -0.15) is 0 Å². The molecular weight excluding hydrogens is 316 g/mol. The number of piperidine rings is 1. The van der Waals surface area contributed by atoms with Crippen molar-refractivity contribution in [3.63, 3.8) is 0 Å².